The quantitative estimate of drug-likeness (QED) is 0.294. The second kappa shape index (κ2) is 9.21. The lowest BCUT2D eigenvalue weighted by Crippen LogP contribution is -2.28. The van der Waals surface area contributed by atoms with E-state index in [2.05, 4.69) is 4.98 Å². The van der Waals surface area contributed by atoms with Crippen molar-refractivity contribution in [1.82, 2.24) is 9.55 Å². The third-order valence-corrected chi connectivity index (χ3v) is 5.35. The van der Waals surface area contributed by atoms with E-state index in [1.165, 1.54) is 42.4 Å². The fraction of sp³-hybridized carbons (Fsp3) is 0.200. The molecule has 0 spiro atoms. The largest absolute Gasteiger partial charge is 0.406 e. The van der Waals surface area contributed by atoms with Crippen LogP contribution in [0.1, 0.15) is 0 Å². The lowest BCUT2D eigenvalue weighted by Gasteiger charge is -2.17. The average molecular weight is 450 g/mol. The van der Waals surface area contributed by atoms with Gasteiger partial charge in [-0.3, -0.25) is 14.9 Å². The van der Waals surface area contributed by atoms with Gasteiger partial charge < -0.3 is 9.47 Å². The number of hydrogen-bond donors (Lipinski definition) is 0. The minimum absolute atomic E-state index is 0.0710. The summed E-state index contributed by atoms with van der Waals surface area (Å²) in [5.41, 5.74) is 1.21. The van der Waals surface area contributed by atoms with Crippen molar-refractivity contribution in [3.8, 4) is 11.3 Å². The number of carbonyl (C=O) groups is 1. The van der Waals surface area contributed by atoms with E-state index in [1.54, 1.807) is 30.3 Å². The summed E-state index contributed by atoms with van der Waals surface area (Å²) in [6.45, 7) is -1.23. The van der Waals surface area contributed by atoms with Crippen molar-refractivity contribution in [2.24, 2.45) is 0 Å². The Labute approximate surface area is 179 Å². The van der Waals surface area contributed by atoms with E-state index in [0.29, 0.717) is 16.9 Å². The number of halogens is 3. The molecule has 11 heteroatoms. The van der Waals surface area contributed by atoms with Crippen molar-refractivity contribution in [2.45, 2.75) is 17.9 Å². The SMILES string of the molecule is CN(C(=O)CSc1ncc(-c2ccccc2)n1CC(F)(F)F)c1ccc([N+](=O)[O-])cc1. The number of nitro groups is 1. The highest BCUT2D eigenvalue weighted by Crippen LogP contribution is 2.30. The zero-order valence-corrected chi connectivity index (χ0v) is 17.1. The number of alkyl halides is 3. The van der Waals surface area contributed by atoms with Gasteiger partial charge in [0.15, 0.2) is 5.16 Å². The van der Waals surface area contributed by atoms with Crippen molar-refractivity contribution in [1.29, 1.82) is 0 Å². The maximum absolute atomic E-state index is 13.2. The summed E-state index contributed by atoms with van der Waals surface area (Å²) >= 11 is 0.895. The molecule has 0 atom stereocenters. The highest BCUT2D eigenvalue weighted by atomic mass is 32.2. The number of non-ortho nitro benzene ring substituents is 1. The summed E-state index contributed by atoms with van der Waals surface area (Å²) in [4.78, 5) is 28.1. The predicted molar refractivity (Wildman–Crippen MR) is 111 cm³/mol. The number of carbonyl (C=O) groups excluding carboxylic acids is 1. The number of anilines is 1. The van der Waals surface area contributed by atoms with Crippen LogP contribution in [0, 0.1) is 10.1 Å². The molecule has 3 aromatic rings. The average Bonchev–Trinajstić information content (AvgIpc) is 3.12. The molecule has 3 rings (SSSR count). The van der Waals surface area contributed by atoms with Crippen LogP contribution in [0.4, 0.5) is 24.5 Å². The van der Waals surface area contributed by atoms with Gasteiger partial charge in [0.1, 0.15) is 6.54 Å². The topological polar surface area (TPSA) is 81.3 Å². The van der Waals surface area contributed by atoms with E-state index in [9.17, 15) is 28.1 Å². The second-order valence-corrected chi connectivity index (χ2v) is 7.45. The normalized spacial score (nSPS) is 11.4. The van der Waals surface area contributed by atoms with E-state index in [-0.39, 0.29) is 22.5 Å². The van der Waals surface area contributed by atoms with Gasteiger partial charge in [-0.15, -0.1) is 0 Å². The number of nitro benzene ring substituents is 1. The van der Waals surface area contributed by atoms with Crippen molar-refractivity contribution >= 4 is 29.0 Å². The molecule has 0 aliphatic heterocycles. The first-order valence-electron chi connectivity index (χ1n) is 8.97. The summed E-state index contributed by atoms with van der Waals surface area (Å²) in [5, 5.41) is 10.8. The third-order valence-electron chi connectivity index (χ3n) is 4.37. The van der Waals surface area contributed by atoms with Crippen LogP contribution < -0.4 is 4.90 Å². The van der Waals surface area contributed by atoms with Gasteiger partial charge in [-0.25, -0.2) is 4.98 Å². The molecule has 0 aliphatic rings. The molecule has 1 amide bonds. The van der Waals surface area contributed by atoms with Crippen molar-refractivity contribution < 1.29 is 22.9 Å². The van der Waals surface area contributed by atoms with Crippen LogP contribution in [0.25, 0.3) is 11.3 Å². The molecule has 1 aromatic heterocycles. The third kappa shape index (κ3) is 5.63. The number of amides is 1. The predicted octanol–water partition coefficient (Wildman–Crippen LogP) is 4.78. The van der Waals surface area contributed by atoms with Crippen LogP contribution in [0.2, 0.25) is 0 Å². The van der Waals surface area contributed by atoms with Gasteiger partial charge in [-0.1, -0.05) is 42.1 Å². The summed E-state index contributed by atoms with van der Waals surface area (Å²) in [5.74, 6) is -0.544. The summed E-state index contributed by atoms with van der Waals surface area (Å²) in [6.07, 6.45) is -3.10. The number of aromatic nitrogens is 2. The molecule has 162 valence electrons. The minimum Gasteiger partial charge on any atom is -0.315 e. The Morgan fingerprint density at radius 2 is 1.81 bits per heavy atom. The number of hydrogen-bond acceptors (Lipinski definition) is 5. The Morgan fingerprint density at radius 1 is 1.16 bits per heavy atom. The minimum atomic E-state index is -4.46. The molecule has 2 aromatic carbocycles. The Balaban J connectivity index is 1.76. The molecular formula is C20H17F3N4O3S. The van der Waals surface area contributed by atoms with E-state index >= 15 is 0 Å². The van der Waals surface area contributed by atoms with Gasteiger partial charge in [0.25, 0.3) is 5.69 Å². The first-order valence-corrected chi connectivity index (χ1v) is 9.96. The number of imidazole rings is 1. The summed E-state index contributed by atoms with van der Waals surface area (Å²) in [7, 11) is 1.49. The molecule has 0 N–H and O–H groups in total. The van der Waals surface area contributed by atoms with Crippen molar-refractivity contribution in [2.75, 3.05) is 17.7 Å². The Kier molecular flexibility index (Phi) is 6.64. The molecule has 1 heterocycles. The Bertz CT molecular complexity index is 1070. The highest BCUT2D eigenvalue weighted by Gasteiger charge is 2.31. The van der Waals surface area contributed by atoms with Crippen LogP contribution in [0.5, 0.6) is 0 Å². The molecule has 0 saturated carbocycles. The summed E-state index contributed by atoms with van der Waals surface area (Å²) in [6, 6.07) is 14.0. The Hall–Kier alpha value is -3.34. The molecule has 7 nitrogen and oxygen atoms in total. The number of benzene rings is 2. The fourth-order valence-electron chi connectivity index (χ4n) is 2.81. The molecular weight excluding hydrogens is 433 g/mol. The zero-order valence-electron chi connectivity index (χ0n) is 16.2. The number of thioether (sulfide) groups is 1. The van der Waals surface area contributed by atoms with E-state index in [0.717, 1.165) is 16.3 Å². The molecule has 0 aliphatic carbocycles. The monoisotopic (exact) mass is 450 g/mol. The molecule has 0 saturated heterocycles. The lowest BCUT2D eigenvalue weighted by molar-refractivity contribution is -0.384. The van der Waals surface area contributed by atoms with Gasteiger partial charge in [0.05, 0.1) is 22.6 Å². The van der Waals surface area contributed by atoms with Crippen LogP contribution in [-0.4, -0.2) is 39.4 Å². The van der Waals surface area contributed by atoms with Gasteiger partial charge in [0, 0.05) is 24.9 Å². The maximum atomic E-state index is 13.2. The van der Waals surface area contributed by atoms with Crippen molar-refractivity contribution in [3.63, 3.8) is 0 Å². The van der Waals surface area contributed by atoms with E-state index in [4.69, 9.17) is 0 Å². The number of rotatable bonds is 7. The van der Waals surface area contributed by atoms with Crippen LogP contribution in [0.3, 0.4) is 0 Å². The van der Waals surface area contributed by atoms with Gasteiger partial charge in [-0.2, -0.15) is 13.2 Å². The van der Waals surface area contributed by atoms with Crippen molar-refractivity contribution in [3.05, 3.63) is 70.9 Å². The smallest absolute Gasteiger partial charge is 0.315 e. The maximum Gasteiger partial charge on any atom is 0.406 e. The molecule has 0 fully saturated rings. The molecule has 0 bridgehead atoms. The number of nitrogens with zero attached hydrogens (tertiary/aromatic N) is 4. The lowest BCUT2D eigenvalue weighted by atomic mass is 10.2. The van der Waals surface area contributed by atoms with Crippen LogP contribution >= 0.6 is 11.8 Å². The first-order chi connectivity index (χ1) is 14.7. The zero-order chi connectivity index (χ0) is 22.6. The molecule has 0 radical (unpaired) electrons. The fourth-order valence-corrected chi connectivity index (χ4v) is 3.70. The van der Waals surface area contributed by atoms with E-state index < -0.39 is 17.6 Å². The Morgan fingerprint density at radius 3 is 2.39 bits per heavy atom. The molecule has 31 heavy (non-hydrogen) atoms. The van der Waals surface area contributed by atoms with Gasteiger partial charge >= 0.3 is 6.18 Å². The second-order valence-electron chi connectivity index (χ2n) is 6.51. The van der Waals surface area contributed by atoms with E-state index in [1.807, 2.05) is 0 Å². The standard InChI is InChI=1S/C20H17F3N4O3S/c1-25(15-7-9-16(10-8-15)27(29)30)18(28)12-31-19-24-11-17(14-5-3-2-4-6-14)26(19)13-20(21,22)23/h2-11H,12-13H2,1H3. The van der Waals surface area contributed by atoms with Crippen LogP contribution in [-0.2, 0) is 11.3 Å². The van der Waals surface area contributed by atoms with Crippen LogP contribution in [0.15, 0.2) is 66.0 Å². The molecule has 0 unspecified atom stereocenters. The highest BCUT2D eigenvalue weighted by molar-refractivity contribution is 7.99. The summed E-state index contributed by atoms with van der Waals surface area (Å²) < 4.78 is 40.5. The first kappa shape index (κ1) is 22.3. The van der Waals surface area contributed by atoms with Gasteiger partial charge in [0.2, 0.25) is 5.91 Å². The van der Waals surface area contributed by atoms with Gasteiger partial charge in [-0.05, 0) is 17.7 Å².